The number of ketones is 1. The lowest BCUT2D eigenvalue weighted by molar-refractivity contribution is -0.875. The van der Waals surface area contributed by atoms with Gasteiger partial charge in [0.15, 0.2) is 5.78 Å². The number of carbonyl (C=O) groups excluding carboxylic acids is 3. The molecule has 126 valence electrons. The lowest BCUT2D eigenvalue weighted by Gasteiger charge is -2.36. The molecule has 0 radical (unpaired) electrons. The Morgan fingerprint density at radius 2 is 1.73 bits per heavy atom. The number of ether oxygens (including phenoxy) is 1. The van der Waals surface area contributed by atoms with Gasteiger partial charge < -0.3 is 25.8 Å². The number of carboxylic acids is 1. The van der Waals surface area contributed by atoms with Gasteiger partial charge in [-0.05, 0) is 6.92 Å². The molecular formula is C13H24N3O6+. The van der Waals surface area contributed by atoms with E-state index in [0.717, 1.165) is 6.92 Å². The fourth-order valence-electron chi connectivity index (χ4n) is 2.01. The van der Waals surface area contributed by atoms with Crippen LogP contribution in [0.5, 0.6) is 0 Å². The predicted octanol–water partition coefficient (Wildman–Crippen LogP) is -1.76. The van der Waals surface area contributed by atoms with Crippen molar-refractivity contribution < 1.29 is 33.5 Å². The second kappa shape index (κ2) is 7.32. The van der Waals surface area contributed by atoms with Gasteiger partial charge in [0.05, 0.1) is 34.0 Å². The Balaban J connectivity index is 5.46. The highest BCUT2D eigenvalue weighted by Gasteiger charge is 2.47. The van der Waals surface area contributed by atoms with Gasteiger partial charge in [-0.15, -0.1) is 0 Å². The number of quaternary nitrogens is 1. The van der Waals surface area contributed by atoms with Crippen molar-refractivity contribution in [3.8, 4) is 0 Å². The van der Waals surface area contributed by atoms with Crippen LogP contribution in [0.2, 0.25) is 0 Å². The minimum absolute atomic E-state index is 0.0519. The van der Waals surface area contributed by atoms with E-state index < -0.39 is 48.1 Å². The Bertz CT molecular complexity index is 471. The van der Waals surface area contributed by atoms with Crippen molar-refractivity contribution in [3.05, 3.63) is 0 Å². The third-order valence-electron chi connectivity index (χ3n) is 2.83. The van der Waals surface area contributed by atoms with Crippen LogP contribution in [0.25, 0.3) is 0 Å². The summed E-state index contributed by atoms with van der Waals surface area (Å²) in [5, 5.41) is 9.04. The number of aliphatic carboxylic acids is 1. The molecule has 0 aromatic heterocycles. The molecule has 0 aliphatic rings. The van der Waals surface area contributed by atoms with Gasteiger partial charge in [-0.25, -0.2) is 0 Å². The fraction of sp³-hybridized carbons (Fsp3) is 0.692. The Kier molecular flexibility index (Phi) is 6.65. The summed E-state index contributed by atoms with van der Waals surface area (Å²) in [7, 11) is 5.16. The number of primary amides is 1. The van der Waals surface area contributed by atoms with E-state index in [1.165, 1.54) is 0 Å². The van der Waals surface area contributed by atoms with E-state index in [1.807, 2.05) is 0 Å². The molecule has 0 aromatic rings. The minimum Gasteiger partial charge on any atom is -0.481 e. The number of Topliss-reactive ketones (excluding diaryl/α,β-unsaturated/α-hetero) is 1. The summed E-state index contributed by atoms with van der Waals surface area (Å²) in [6, 6.07) is -1.35. The number of carbonyl (C=O) groups is 4. The number of likely N-dealkylation sites (N-methyl/N-ethyl adjacent to an activating group) is 1. The van der Waals surface area contributed by atoms with E-state index in [2.05, 4.69) is 0 Å². The molecule has 22 heavy (non-hydrogen) atoms. The molecule has 0 aliphatic heterocycles. The van der Waals surface area contributed by atoms with Crippen LogP contribution in [0.1, 0.15) is 19.8 Å². The highest BCUT2D eigenvalue weighted by Crippen LogP contribution is 2.22. The Morgan fingerprint density at radius 3 is 2.05 bits per heavy atom. The maximum absolute atomic E-state index is 12.0. The molecule has 0 bridgehead atoms. The molecule has 0 aromatic carbocycles. The van der Waals surface area contributed by atoms with Crippen molar-refractivity contribution in [2.24, 2.45) is 11.5 Å². The van der Waals surface area contributed by atoms with E-state index in [4.69, 9.17) is 21.3 Å². The first-order valence-corrected chi connectivity index (χ1v) is 6.59. The average molecular weight is 318 g/mol. The molecule has 9 heteroatoms. The zero-order valence-electron chi connectivity index (χ0n) is 13.3. The number of hydrogen-bond acceptors (Lipinski definition) is 6. The Morgan fingerprint density at radius 1 is 1.23 bits per heavy atom. The maximum atomic E-state index is 12.0. The number of nitrogens with two attached hydrogens (primary N) is 2. The quantitative estimate of drug-likeness (QED) is 0.336. The normalized spacial score (nSPS) is 15.5. The Hall–Kier alpha value is -2.00. The van der Waals surface area contributed by atoms with Crippen LogP contribution >= 0.6 is 0 Å². The second-order valence-electron chi connectivity index (χ2n) is 6.27. The molecule has 0 fully saturated rings. The van der Waals surface area contributed by atoms with Crippen LogP contribution in [-0.4, -0.2) is 72.5 Å². The number of amides is 1. The number of carboxylic acid groups (broad SMARTS) is 1. The summed E-state index contributed by atoms with van der Waals surface area (Å²) in [4.78, 5) is 45.8. The van der Waals surface area contributed by atoms with Crippen LogP contribution in [0, 0.1) is 0 Å². The SMILES string of the molecule is CC(=O)[C@@](CC(=O)O)(C[N+](C)(C)C)OC(=O)[C@@H](N)CC(N)=O. The third-order valence-corrected chi connectivity index (χ3v) is 2.83. The summed E-state index contributed by atoms with van der Waals surface area (Å²) in [6.07, 6.45) is -1.14. The summed E-state index contributed by atoms with van der Waals surface area (Å²) in [5.41, 5.74) is 8.58. The standard InChI is InChI=1S/C13H23N3O6/c1-8(17)13(6-11(19)20,7-16(2,3)4)22-12(21)9(14)5-10(15)18/h9H,5-7,14H2,1-4H3,(H2-,15,18,19,20)/p+1/t9-,13+/m0/s1. The van der Waals surface area contributed by atoms with Gasteiger partial charge >= 0.3 is 11.9 Å². The van der Waals surface area contributed by atoms with Crippen molar-refractivity contribution in [1.29, 1.82) is 0 Å². The van der Waals surface area contributed by atoms with Gasteiger partial charge in [0.2, 0.25) is 11.5 Å². The molecule has 0 saturated heterocycles. The molecule has 9 nitrogen and oxygen atoms in total. The molecular weight excluding hydrogens is 294 g/mol. The van der Waals surface area contributed by atoms with E-state index in [-0.39, 0.29) is 11.0 Å². The molecule has 0 spiro atoms. The van der Waals surface area contributed by atoms with Crippen LogP contribution < -0.4 is 11.5 Å². The van der Waals surface area contributed by atoms with Crippen molar-refractivity contribution >= 4 is 23.6 Å². The largest absolute Gasteiger partial charge is 0.481 e. The van der Waals surface area contributed by atoms with Crippen molar-refractivity contribution in [1.82, 2.24) is 0 Å². The monoisotopic (exact) mass is 318 g/mol. The van der Waals surface area contributed by atoms with Crippen molar-refractivity contribution in [2.75, 3.05) is 27.7 Å². The lowest BCUT2D eigenvalue weighted by Crippen LogP contribution is -2.58. The van der Waals surface area contributed by atoms with Gasteiger partial charge in [-0.1, -0.05) is 0 Å². The maximum Gasteiger partial charge on any atom is 0.324 e. The number of rotatable bonds is 9. The molecule has 5 N–H and O–H groups in total. The summed E-state index contributed by atoms with van der Waals surface area (Å²) in [5.74, 6) is -3.74. The van der Waals surface area contributed by atoms with Gasteiger partial charge in [-0.2, -0.15) is 0 Å². The highest BCUT2D eigenvalue weighted by atomic mass is 16.6. The molecule has 0 aliphatic carbocycles. The number of nitrogens with zero attached hydrogens (tertiary/aromatic N) is 1. The molecule has 2 atom stereocenters. The topological polar surface area (TPSA) is 150 Å². The molecule has 1 amide bonds. The summed E-state index contributed by atoms with van der Waals surface area (Å²) >= 11 is 0. The molecule has 0 unspecified atom stereocenters. The van der Waals surface area contributed by atoms with E-state index in [1.54, 1.807) is 21.1 Å². The minimum atomic E-state index is -1.85. The molecule has 0 heterocycles. The first-order valence-electron chi connectivity index (χ1n) is 6.59. The van der Waals surface area contributed by atoms with E-state index >= 15 is 0 Å². The molecule has 0 rings (SSSR count). The summed E-state index contributed by atoms with van der Waals surface area (Å²) < 4.78 is 5.32. The zero-order valence-corrected chi connectivity index (χ0v) is 13.3. The van der Waals surface area contributed by atoms with Crippen LogP contribution in [0.4, 0.5) is 0 Å². The van der Waals surface area contributed by atoms with Gasteiger partial charge in [0, 0.05) is 0 Å². The fourth-order valence-corrected chi connectivity index (χ4v) is 2.01. The third kappa shape index (κ3) is 6.64. The lowest BCUT2D eigenvalue weighted by atomic mass is 9.93. The van der Waals surface area contributed by atoms with Crippen LogP contribution in [0.15, 0.2) is 0 Å². The van der Waals surface area contributed by atoms with Gasteiger partial charge in [0.25, 0.3) is 0 Å². The van der Waals surface area contributed by atoms with E-state index in [0.29, 0.717) is 0 Å². The molecule has 0 saturated carbocycles. The summed E-state index contributed by atoms with van der Waals surface area (Å²) in [6.45, 7) is 1.09. The first kappa shape index (κ1) is 20.0. The van der Waals surface area contributed by atoms with Crippen LogP contribution in [-0.2, 0) is 23.9 Å². The predicted molar refractivity (Wildman–Crippen MR) is 76.4 cm³/mol. The average Bonchev–Trinajstić information content (AvgIpc) is 2.23. The van der Waals surface area contributed by atoms with Crippen LogP contribution in [0.3, 0.4) is 0 Å². The van der Waals surface area contributed by atoms with Crippen molar-refractivity contribution in [2.45, 2.75) is 31.4 Å². The number of hydrogen-bond donors (Lipinski definition) is 3. The Labute approximate surface area is 128 Å². The smallest absolute Gasteiger partial charge is 0.324 e. The highest BCUT2D eigenvalue weighted by molar-refractivity contribution is 5.93. The number of esters is 1. The van der Waals surface area contributed by atoms with Gasteiger partial charge in [0.1, 0.15) is 12.6 Å². The zero-order chi connectivity index (χ0) is 17.7. The van der Waals surface area contributed by atoms with E-state index in [9.17, 15) is 19.2 Å². The first-order chi connectivity index (χ1) is 9.79. The van der Waals surface area contributed by atoms with Gasteiger partial charge in [-0.3, -0.25) is 19.2 Å². The second-order valence-corrected chi connectivity index (χ2v) is 6.27. The van der Waals surface area contributed by atoms with Crippen molar-refractivity contribution in [3.63, 3.8) is 0 Å².